The van der Waals surface area contributed by atoms with E-state index in [4.69, 9.17) is 0 Å². The van der Waals surface area contributed by atoms with Gasteiger partial charge >= 0.3 is 0 Å². The van der Waals surface area contributed by atoms with E-state index in [1.165, 1.54) is 0 Å². The van der Waals surface area contributed by atoms with Gasteiger partial charge in [-0.2, -0.15) is 0 Å². The average Bonchev–Trinajstić information content (AvgIpc) is 2.30. The fourth-order valence-electron chi connectivity index (χ4n) is 1.59. The molecule has 0 aliphatic rings. The summed E-state index contributed by atoms with van der Waals surface area (Å²) in [6.07, 6.45) is 1.67. The lowest BCUT2D eigenvalue weighted by Crippen LogP contribution is -2.28. The van der Waals surface area contributed by atoms with E-state index in [0.717, 1.165) is 6.54 Å². The summed E-state index contributed by atoms with van der Waals surface area (Å²) in [5.41, 5.74) is 0.674. The van der Waals surface area contributed by atoms with Gasteiger partial charge in [0.1, 0.15) is 0 Å². The molecule has 1 heterocycles. The van der Waals surface area contributed by atoms with Gasteiger partial charge in [0.15, 0.2) is 11.6 Å². The van der Waals surface area contributed by atoms with Gasteiger partial charge in [-0.3, -0.25) is 0 Å². The van der Waals surface area contributed by atoms with E-state index in [0.29, 0.717) is 23.8 Å². The van der Waals surface area contributed by atoms with Crippen LogP contribution in [-0.2, 0) is 6.54 Å². The molecule has 1 N–H and O–H groups in total. The van der Waals surface area contributed by atoms with Crippen molar-refractivity contribution < 1.29 is 4.39 Å². The summed E-state index contributed by atoms with van der Waals surface area (Å²) in [6.45, 7) is 9.74. The predicted molar refractivity (Wildman–Crippen MR) is 74.3 cm³/mol. The molecule has 0 aliphatic heterocycles. The van der Waals surface area contributed by atoms with Crippen LogP contribution in [0.5, 0.6) is 0 Å². The number of hydrogen-bond acceptors (Lipinski definition) is 3. The van der Waals surface area contributed by atoms with E-state index < -0.39 is 0 Å². The lowest BCUT2D eigenvalue weighted by atomic mass is 10.2. The number of nitrogens with zero attached hydrogens (tertiary/aromatic N) is 2. The van der Waals surface area contributed by atoms with Crippen molar-refractivity contribution >= 4 is 5.82 Å². The molecular formula is C14H24FN3. The molecule has 18 heavy (non-hydrogen) atoms. The topological polar surface area (TPSA) is 28.2 Å². The van der Waals surface area contributed by atoms with Gasteiger partial charge in [-0.25, -0.2) is 9.37 Å². The molecular weight excluding hydrogens is 229 g/mol. The zero-order chi connectivity index (χ0) is 13.7. The SMILES string of the molecule is CC(C)CNCc1ccnc(N(C)C(C)C)c1F. The highest BCUT2D eigenvalue weighted by molar-refractivity contribution is 5.43. The molecule has 1 aromatic rings. The van der Waals surface area contributed by atoms with Crippen LogP contribution in [-0.4, -0.2) is 24.6 Å². The van der Waals surface area contributed by atoms with Crippen LogP contribution in [0.3, 0.4) is 0 Å². The molecule has 0 radical (unpaired) electrons. The number of rotatable bonds is 6. The maximum absolute atomic E-state index is 14.3. The average molecular weight is 253 g/mol. The van der Waals surface area contributed by atoms with Crippen LogP contribution in [0.4, 0.5) is 10.2 Å². The minimum absolute atomic E-state index is 0.218. The van der Waals surface area contributed by atoms with Gasteiger partial charge in [-0.05, 0) is 32.4 Å². The molecule has 0 spiro atoms. The minimum atomic E-state index is -0.218. The Morgan fingerprint density at radius 1 is 1.33 bits per heavy atom. The van der Waals surface area contributed by atoms with Crippen LogP contribution < -0.4 is 10.2 Å². The molecule has 3 nitrogen and oxygen atoms in total. The van der Waals surface area contributed by atoms with Gasteiger partial charge in [0.25, 0.3) is 0 Å². The first-order valence-corrected chi connectivity index (χ1v) is 6.50. The molecule has 0 amide bonds. The van der Waals surface area contributed by atoms with E-state index in [9.17, 15) is 4.39 Å². The first-order chi connectivity index (χ1) is 8.43. The first-order valence-electron chi connectivity index (χ1n) is 6.50. The number of aromatic nitrogens is 1. The fourth-order valence-corrected chi connectivity index (χ4v) is 1.59. The fraction of sp³-hybridized carbons (Fsp3) is 0.643. The number of nitrogens with one attached hydrogen (secondary N) is 1. The Labute approximate surface area is 109 Å². The maximum atomic E-state index is 14.3. The van der Waals surface area contributed by atoms with Crippen LogP contribution in [0.2, 0.25) is 0 Å². The van der Waals surface area contributed by atoms with Crippen LogP contribution in [0.25, 0.3) is 0 Å². The van der Waals surface area contributed by atoms with Gasteiger partial charge in [0.05, 0.1) is 0 Å². The zero-order valence-corrected chi connectivity index (χ0v) is 12.0. The summed E-state index contributed by atoms with van der Waals surface area (Å²) < 4.78 is 14.3. The van der Waals surface area contributed by atoms with Gasteiger partial charge in [-0.1, -0.05) is 13.8 Å². The number of pyridine rings is 1. The summed E-state index contributed by atoms with van der Waals surface area (Å²) in [5, 5.41) is 3.25. The minimum Gasteiger partial charge on any atom is -0.355 e. The van der Waals surface area contributed by atoms with Crippen LogP contribution in [0.1, 0.15) is 33.3 Å². The second-order valence-corrected chi connectivity index (χ2v) is 5.34. The van der Waals surface area contributed by atoms with E-state index >= 15 is 0 Å². The van der Waals surface area contributed by atoms with Crippen molar-refractivity contribution in [2.24, 2.45) is 5.92 Å². The Balaban J connectivity index is 2.78. The Morgan fingerprint density at radius 2 is 2.00 bits per heavy atom. The molecule has 0 saturated carbocycles. The van der Waals surface area contributed by atoms with Gasteiger partial charge in [-0.15, -0.1) is 0 Å². The molecule has 4 heteroatoms. The third-order valence-electron chi connectivity index (χ3n) is 2.93. The molecule has 1 rings (SSSR count). The normalized spacial score (nSPS) is 11.3. The Bertz CT molecular complexity index is 377. The monoisotopic (exact) mass is 253 g/mol. The second-order valence-electron chi connectivity index (χ2n) is 5.34. The van der Waals surface area contributed by atoms with Crippen molar-refractivity contribution in [2.45, 2.75) is 40.3 Å². The number of halogens is 1. The summed E-state index contributed by atoms with van der Waals surface area (Å²) in [4.78, 5) is 5.97. The van der Waals surface area contributed by atoms with Crippen molar-refractivity contribution in [1.29, 1.82) is 0 Å². The van der Waals surface area contributed by atoms with Gasteiger partial charge in [0.2, 0.25) is 0 Å². The molecule has 0 unspecified atom stereocenters. The third-order valence-corrected chi connectivity index (χ3v) is 2.93. The van der Waals surface area contributed by atoms with Gasteiger partial charge < -0.3 is 10.2 Å². The summed E-state index contributed by atoms with van der Waals surface area (Å²) >= 11 is 0. The Kier molecular flexibility index (Phi) is 5.54. The van der Waals surface area contributed by atoms with Crippen molar-refractivity contribution in [3.8, 4) is 0 Å². The number of anilines is 1. The molecule has 0 aromatic carbocycles. The summed E-state index contributed by atoms with van der Waals surface area (Å²) in [7, 11) is 1.86. The standard InChI is InChI=1S/C14H24FN3/c1-10(2)8-16-9-12-6-7-17-14(13(12)15)18(5)11(3)4/h6-7,10-11,16H,8-9H2,1-5H3. The molecule has 102 valence electrons. The molecule has 0 aliphatic carbocycles. The smallest absolute Gasteiger partial charge is 0.170 e. The van der Waals surface area contributed by atoms with Crippen LogP contribution in [0, 0.1) is 11.7 Å². The molecule has 0 fully saturated rings. The largest absolute Gasteiger partial charge is 0.355 e. The van der Waals surface area contributed by atoms with Crippen molar-refractivity contribution in [3.63, 3.8) is 0 Å². The lowest BCUT2D eigenvalue weighted by molar-refractivity contribution is 0.531. The Hall–Kier alpha value is -1.16. The molecule has 0 bridgehead atoms. The Morgan fingerprint density at radius 3 is 2.56 bits per heavy atom. The third kappa shape index (κ3) is 3.95. The quantitative estimate of drug-likeness (QED) is 0.845. The van der Waals surface area contributed by atoms with Gasteiger partial charge in [0, 0.05) is 31.4 Å². The van der Waals surface area contributed by atoms with E-state index in [1.807, 2.05) is 25.8 Å². The summed E-state index contributed by atoms with van der Waals surface area (Å²) in [6, 6.07) is 1.96. The van der Waals surface area contributed by atoms with E-state index in [1.54, 1.807) is 12.3 Å². The van der Waals surface area contributed by atoms with Crippen molar-refractivity contribution in [3.05, 3.63) is 23.6 Å². The van der Waals surface area contributed by atoms with E-state index in [-0.39, 0.29) is 11.9 Å². The maximum Gasteiger partial charge on any atom is 0.170 e. The first kappa shape index (κ1) is 14.9. The molecule has 1 aromatic heterocycles. The zero-order valence-electron chi connectivity index (χ0n) is 12.0. The van der Waals surface area contributed by atoms with Crippen molar-refractivity contribution in [2.75, 3.05) is 18.5 Å². The highest BCUT2D eigenvalue weighted by atomic mass is 19.1. The van der Waals surface area contributed by atoms with Crippen molar-refractivity contribution in [1.82, 2.24) is 10.3 Å². The highest BCUT2D eigenvalue weighted by Gasteiger charge is 2.15. The highest BCUT2D eigenvalue weighted by Crippen LogP contribution is 2.19. The van der Waals surface area contributed by atoms with Crippen LogP contribution >= 0.6 is 0 Å². The second kappa shape index (κ2) is 6.69. The van der Waals surface area contributed by atoms with E-state index in [2.05, 4.69) is 24.1 Å². The van der Waals surface area contributed by atoms with Crippen LogP contribution in [0.15, 0.2) is 12.3 Å². The number of hydrogen-bond donors (Lipinski definition) is 1. The molecule has 0 saturated heterocycles. The summed E-state index contributed by atoms with van der Waals surface area (Å²) in [5.74, 6) is 0.770. The predicted octanol–water partition coefficient (Wildman–Crippen LogP) is 2.81. The molecule has 0 atom stereocenters. The lowest BCUT2D eigenvalue weighted by Gasteiger charge is -2.23.